The van der Waals surface area contributed by atoms with E-state index in [1.807, 2.05) is 66.7 Å². The van der Waals surface area contributed by atoms with Crippen molar-refractivity contribution in [1.82, 2.24) is 10.4 Å². The van der Waals surface area contributed by atoms with Gasteiger partial charge in [-0.15, -0.1) is 0 Å². The Morgan fingerprint density at radius 2 is 1.76 bits per heavy atom. The second-order valence-corrected chi connectivity index (χ2v) is 8.18. The SMILES string of the molecule is O=C(N/N=C\CCc1ccccc1)c1cc(/C=N/Nc2cccc(Br)c2)nc2ccccc12. The maximum atomic E-state index is 12.9. The van der Waals surface area contributed by atoms with Gasteiger partial charge in [0.1, 0.15) is 0 Å². The zero-order chi connectivity index (χ0) is 22.9. The molecule has 33 heavy (non-hydrogen) atoms. The summed E-state index contributed by atoms with van der Waals surface area (Å²) in [5.74, 6) is -0.292. The average molecular weight is 500 g/mol. The first-order valence-electron chi connectivity index (χ1n) is 10.5. The summed E-state index contributed by atoms with van der Waals surface area (Å²) in [6, 6.07) is 27.1. The standard InChI is InChI=1S/C26H22BrN5O/c27-20-11-6-12-21(16-20)31-29-18-22-17-24(23-13-4-5-14-25(23)30-22)26(33)32-28-15-7-10-19-8-2-1-3-9-19/h1-6,8-9,11-18,31H,7,10H2,(H,32,33)/b28-15-,29-18+. The van der Waals surface area contributed by atoms with E-state index in [1.165, 1.54) is 5.56 Å². The van der Waals surface area contributed by atoms with Crippen LogP contribution in [0.2, 0.25) is 0 Å². The Bertz CT molecular complexity index is 1300. The number of rotatable bonds is 8. The van der Waals surface area contributed by atoms with Crippen molar-refractivity contribution in [3.63, 3.8) is 0 Å². The Kier molecular flexibility index (Phi) is 7.56. The molecule has 0 spiro atoms. The van der Waals surface area contributed by atoms with E-state index in [9.17, 15) is 4.79 Å². The molecule has 0 bridgehead atoms. The van der Waals surface area contributed by atoms with Crippen molar-refractivity contribution in [2.24, 2.45) is 10.2 Å². The molecule has 0 saturated heterocycles. The number of anilines is 1. The Morgan fingerprint density at radius 3 is 2.61 bits per heavy atom. The first-order valence-corrected chi connectivity index (χ1v) is 11.3. The number of aryl methyl sites for hydroxylation is 1. The molecule has 0 aliphatic heterocycles. The van der Waals surface area contributed by atoms with Gasteiger partial charge in [0.25, 0.3) is 5.91 Å². The highest BCUT2D eigenvalue weighted by atomic mass is 79.9. The first-order chi connectivity index (χ1) is 16.2. The van der Waals surface area contributed by atoms with E-state index in [4.69, 9.17) is 0 Å². The molecule has 7 heteroatoms. The second kappa shape index (κ2) is 11.2. The largest absolute Gasteiger partial charge is 0.278 e. The maximum absolute atomic E-state index is 12.9. The number of pyridine rings is 1. The molecule has 164 valence electrons. The molecule has 4 rings (SSSR count). The van der Waals surface area contributed by atoms with Crippen LogP contribution in [0.3, 0.4) is 0 Å². The first kappa shape index (κ1) is 22.4. The number of amides is 1. The molecule has 4 aromatic rings. The summed E-state index contributed by atoms with van der Waals surface area (Å²) in [7, 11) is 0. The van der Waals surface area contributed by atoms with Crippen molar-refractivity contribution >= 4 is 50.9 Å². The van der Waals surface area contributed by atoms with Gasteiger partial charge in [0.15, 0.2) is 0 Å². The van der Waals surface area contributed by atoms with Crippen LogP contribution in [0.15, 0.2) is 99.6 Å². The van der Waals surface area contributed by atoms with Gasteiger partial charge < -0.3 is 0 Å². The molecular formula is C26H22BrN5O. The lowest BCUT2D eigenvalue weighted by atomic mass is 10.1. The van der Waals surface area contributed by atoms with Gasteiger partial charge in [-0.05, 0) is 48.7 Å². The smallest absolute Gasteiger partial charge is 0.272 e. The van der Waals surface area contributed by atoms with E-state index < -0.39 is 0 Å². The molecule has 0 aliphatic rings. The number of aromatic nitrogens is 1. The Hall–Kier alpha value is -3.84. The summed E-state index contributed by atoms with van der Waals surface area (Å²) in [6.45, 7) is 0. The normalized spacial score (nSPS) is 11.3. The minimum absolute atomic E-state index is 0.292. The zero-order valence-corrected chi connectivity index (χ0v) is 19.4. The van der Waals surface area contributed by atoms with Crippen LogP contribution in [0.5, 0.6) is 0 Å². The van der Waals surface area contributed by atoms with Crippen LogP contribution in [-0.2, 0) is 6.42 Å². The number of halogens is 1. The summed E-state index contributed by atoms with van der Waals surface area (Å²) in [4.78, 5) is 17.5. The Morgan fingerprint density at radius 1 is 0.939 bits per heavy atom. The third kappa shape index (κ3) is 6.33. The molecule has 1 aromatic heterocycles. The van der Waals surface area contributed by atoms with Gasteiger partial charge in [0, 0.05) is 16.1 Å². The van der Waals surface area contributed by atoms with Gasteiger partial charge in [-0.2, -0.15) is 10.2 Å². The fourth-order valence-corrected chi connectivity index (χ4v) is 3.69. The number of hydrogen-bond acceptors (Lipinski definition) is 5. The molecule has 0 fully saturated rings. The lowest BCUT2D eigenvalue weighted by Gasteiger charge is -2.07. The van der Waals surface area contributed by atoms with Crippen molar-refractivity contribution in [3.05, 3.63) is 106 Å². The van der Waals surface area contributed by atoms with Crippen LogP contribution in [0.25, 0.3) is 10.9 Å². The summed E-state index contributed by atoms with van der Waals surface area (Å²) in [5.41, 5.74) is 9.43. The van der Waals surface area contributed by atoms with E-state index >= 15 is 0 Å². The molecule has 0 atom stereocenters. The predicted molar refractivity (Wildman–Crippen MR) is 138 cm³/mol. The van der Waals surface area contributed by atoms with Crippen LogP contribution in [0.1, 0.15) is 28.0 Å². The highest BCUT2D eigenvalue weighted by Gasteiger charge is 2.12. The summed E-state index contributed by atoms with van der Waals surface area (Å²) in [5, 5.41) is 9.13. The van der Waals surface area contributed by atoms with Gasteiger partial charge in [0.05, 0.1) is 28.7 Å². The summed E-state index contributed by atoms with van der Waals surface area (Å²) in [6.07, 6.45) is 4.91. The van der Waals surface area contributed by atoms with Crippen molar-refractivity contribution in [2.75, 3.05) is 5.43 Å². The highest BCUT2D eigenvalue weighted by Crippen LogP contribution is 2.18. The quantitative estimate of drug-likeness (QED) is 0.237. The number of hydrogen-bond donors (Lipinski definition) is 2. The summed E-state index contributed by atoms with van der Waals surface area (Å²) >= 11 is 3.43. The number of nitrogens with zero attached hydrogens (tertiary/aromatic N) is 3. The van der Waals surface area contributed by atoms with E-state index in [1.54, 1.807) is 18.5 Å². The number of benzene rings is 3. The van der Waals surface area contributed by atoms with E-state index in [-0.39, 0.29) is 5.91 Å². The average Bonchev–Trinajstić information content (AvgIpc) is 2.84. The van der Waals surface area contributed by atoms with Crippen molar-refractivity contribution in [1.29, 1.82) is 0 Å². The fourth-order valence-electron chi connectivity index (χ4n) is 3.29. The van der Waals surface area contributed by atoms with Gasteiger partial charge >= 0.3 is 0 Å². The number of nitrogens with one attached hydrogen (secondary N) is 2. The van der Waals surface area contributed by atoms with Gasteiger partial charge in [-0.3, -0.25) is 10.2 Å². The molecule has 0 unspecified atom stereocenters. The van der Waals surface area contributed by atoms with Crippen molar-refractivity contribution in [3.8, 4) is 0 Å². The Labute approximate surface area is 200 Å². The molecule has 0 aliphatic carbocycles. The van der Waals surface area contributed by atoms with Gasteiger partial charge in [0.2, 0.25) is 0 Å². The monoisotopic (exact) mass is 499 g/mol. The molecule has 0 saturated carbocycles. The second-order valence-electron chi connectivity index (χ2n) is 7.27. The van der Waals surface area contributed by atoms with Gasteiger partial charge in [-0.1, -0.05) is 70.5 Å². The van der Waals surface area contributed by atoms with Crippen molar-refractivity contribution < 1.29 is 4.79 Å². The molecule has 6 nitrogen and oxygen atoms in total. The van der Waals surface area contributed by atoms with Crippen LogP contribution >= 0.6 is 15.9 Å². The lowest BCUT2D eigenvalue weighted by Crippen LogP contribution is -2.18. The lowest BCUT2D eigenvalue weighted by molar-refractivity contribution is 0.0956. The fraction of sp³-hybridized carbons (Fsp3) is 0.0769. The van der Waals surface area contributed by atoms with E-state index in [2.05, 4.69) is 54.1 Å². The number of fused-ring (bicyclic) bond motifs is 1. The summed E-state index contributed by atoms with van der Waals surface area (Å²) < 4.78 is 0.954. The molecular weight excluding hydrogens is 478 g/mol. The minimum Gasteiger partial charge on any atom is -0.278 e. The molecule has 3 aromatic carbocycles. The van der Waals surface area contributed by atoms with Crippen LogP contribution < -0.4 is 10.9 Å². The van der Waals surface area contributed by atoms with Crippen LogP contribution in [0, 0.1) is 0 Å². The molecule has 1 heterocycles. The Balaban J connectivity index is 1.45. The zero-order valence-electron chi connectivity index (χ0n) is 17.8. The molecule has 2 N–H and O–H groups in total. The maximum Gasteiger partial charge on any atom is 0.272 e. The third-order valence-electron chi connectivity index (χ3n) is 4.86. The third-order valence-corrected chi connectivity index (χ3v) is 5.35. The van der Waals surface area contributed by atoms with Crippen LogP contribution in [-0.4, -0.2) is 23.3 Å². The number of carbonyl (C=O) groups excluding carboxylic acids is 1. The number of carbonyl (C=O) groups is 1. The molecule has 1 amide bonds. The van der Waals surface area contributed by atoms with Crippen LogP contribution in [0.4, 0.5) is 5.69 Å². The molecule has 0 radical (unpaired) electrons. The number of hydrazone groups is 2. The van der Waals surface area contributed by atoms with Gasteiger partial charge in [-0.25, -0.2) is 10.4 Å². The predicted octanol–water partition coefficient (Wildman–Crippen LogP) is 5.79. The number of para-hydroxylation sites is 1. The highest BCUT2D eigenvalue weighted by molar-refractivity contribution is 9.10. The minimum atomic E-state index is -0.292. The van der Waals surface area contributed by atoms with Crippen molar-refractivity contribution in [2.45, 2.75) is 12.8 Å². The van der Waals surface area contributed by atoms with E-state index in [0.29, 0.717) is 16.8 Å². The topological polar surface area (TPSA) is 78.7 Å². The van der Waals surface area contributed by atoms with E-state index in [0.717, 1.165) is 28.4 Å².